The van der Waals surface area contributed by atoms with Gasteiger partial charge in [-0.25, -0.2) is 9.18 Å². The summed E-state index contributed by atoms with van der Waals surface area (Å²) in [6, 6.07) is 4.09. The van der Waals surface area contributed by atoms with Crippen molar-refractivity contribution in [1.82, 2.24) is 10.2 Å². The molecule has 3 rings (SSSR count). The first-order valence-corrected chi connectivity index (χ1v) is 7.48. The van der Waals surface area contributed by atoms with Gasteiger partial charge in [0.15, 0.2) is 0 Å². The summed E-state index contributed by atoms with van der Waals surface area (Å²) in [5.41, 5.74) is -0.267. The molecule has 2 aliphatic rings. The van der Waals surface area contributed by atoms with Crippen LogP contribution in [0.3, 0.4) is 0 Å². The molecule has 2 fully saturated rings. The Bertz CT molecular complexity index is 599. The van der Waals surface area contributed by atoms with E-state index in [0.29, 0.717) is 18.4 Å². The predicted octanol–water partition coefficient (Wildman–Crippen LogP) is 3.23. The van der Waals surface area contributed by atoms with Gasteiger partial charge >= 0.3 is 6.03 Å². The Hall–Kier alpha value is -1.62. The molecular weight excluding hydrogens is 295 g/mol. The van der Waals surface area contributed by atoms with Crippen molar-refractivity contribution in [3.05, 3.63) is 34.6 Å². The van der Waals surface area contributed by atoms with Gasteiger partial charge in [0.05, 0.1) is 11.6 Å². The minimum atomic E-state index is -0.787. The van der Waals surface area contributed by atoms with Crippen molar-refractivity contribution >= 4 is 23.5 Å². The van der Waals surface area contributed by atoms with Crippen LogP contribution in [-0.2, 0) is 11.3 Å². The lowest BCUT2D eigenvalue weighted by molar-refractivity contribution is -0.128. The number of nitrogens with zero attached hydrogens (tertiary/aromatic N) is 1. The van der Waals surface area contributed by atoms with Crippen LogP contribution in [0.1, 0.15) is 37.7 Å². The van der Waals surface area contributed by atoms with E-state index in [1.807, 2.05) is 0 Å². The summed E-state index contributed by atoms with van der Waals surface area (Å²) in [6.45, 7) is 0.147. The Morgan fingerprint density at radius 2 is 1.95 bits per heavy atom. The van der Waals surface area contributed by atoms with E-state index in [1.54, 1.807) is 12.1 Å². The molecular formula is C15H16ClFN2O2. The van der Waals surface area contributed by atoms with Gasteiger partial charge in [-0.05, 0) is 24.5 Å². The zero-order chi connectivity index (χ0) is 15.0. The van der Waals surface area contributed by atoms with Crippen molar-refractivity contribution in [2.75, 3.05) is 0 Å². The van der Waals surface area contributed by atoms with Crippen molar-refractivity contribution in [2.24, 2.45) is 0 Å². The van der Waals surface area contributed by atoms with Crippen LogP contribution in [0.15, 0.2) is 18.2 Å². The molecule has 1 saturated heterocycles. The number of carbonyl (C=O) groups is 2. The van der Waals surface area contributed by atoms with Gasteiger partial charge in [-0.1, -0.05) is 43.0 Å². The lowest BCUT2D eigenvalue weighted by atomic mass is 9.80. The predicted molar refractivity (Wildman–Crippen MR) is 76.3 cm³/mol. The SMILES string of the molecule is O=C1NC(=O)C2(CCCCC2)N1Cc1cccc(F)c1Cl. The number of amides is 3. The molecule has 0 bridgehead atoms. The third-order valence-electron chi connectivity index (χ3n) is 4.45. The molecule has 1 aromatic carbocycles. The fourth-order valence-corrected chi connectivity index (χ4v) is 3.48. The summed E-state index contributed by atoms with van der Waals surface area (Å²) >= 11 is 5.96. The molecule has 0 atom stereocenters. The zero-order valence-corrected chi connectivity index (χ0v) is 12.3. The molecule has 21 heavy (non-hydrogen) atoms. The van der Waals surface area contributed by atoms with E-state index < -0.39 is 17.4 Å². The summed E-state index contributed by atoms with van der Waals surface area (Å²) < 4.78 is 13.5. The van der Waals surface area contributed by atoms with Crippen LogP contribution >= 0.6 is 11.6 Å². The number of nitrogens with one attached hydrogen (secondary N) is 1. The van der Waals surface area contributed by atoms with Gasteiger partial charge in [-0.2, -0.15) is 0 Å². The highest BCUT2D eigenvalue weighted by Crippen LogP contribution is 2.38. The highest BCUT2D eigenvalue weighted by molar-refractivity contribution is 6.31. The number of benzene rings is 1. The second kappa shape index (κ2) is 5.30. The fraction of sp³-hybridized carbons (Fsp3) is 0.467. The molecule has 1 spiro atoms. The average molecular weight is 311 g/mol. The molecule has 1 saturated carbocycles. The van der Waals surface area contributed by atoms with E-state index in [0.717, 1.165) is 19.3 Å². The molecule has 0 unspecified atom stereocenters. The number of rotatable bonds is 2. The minimum Gasteiger partial charge on any atom is -0.305 e. The summed E-state index contributed by atoms with van der Waals surface area (Å²) in [4.78, 5) is 25.9. The van der Waals surface area contributed by atoms with Gasteiger partial charge in [0.2, 0.25) is 0 Å². The van der Waals surface area contributed by atoms with E-state index in [2.05, 4.69) is 5.32 Å². The second-order valence-corrected chi connectivity index (χ2v) is 6.03. The van der Waals surface area contributed by atoms with Crippen LogP contribution in [-0.4, -0.2) is 22.4 Å². The lowest BCUT2D eigenvalue weighted by Crippen LogP contribution is -2.50. The van der Waals surface area contributed by atoms with Gasteiger partial charge in [0.25, 0.3) is 5.91 Å². The average Bonchev–Trinajstić information content (AvgIpc) is 2.69. The van der Waals surface area contributed by atoms with Crippen LogP contribution in [0.4, 0.5) is 9.18 Å². The van der Waals surface area contributed by atoms with Crippen LogP contribution in [0, 0.1) is 5.82 Å². The Labute approximate surface area is 127 Å². The quantitative estimate of drug-likeness (QED) is 0.853. The molecule has 3 amide bonds. The maximum atomic E-state index is 13.5. The number of hydrogen-bond donors (Lipinski definition) is 1. The van der Waals surface area contributed by atoms with E-state index in [9.17, 15) is 14.0 Å². The van der Waals surface area contributed by atoms with Crippen LogP contribution in [0.5, 0.6) is 0 Å². The van der Waals surface area contributed by atoms with Crippen molar-refractivity contribution < 1.29 is 14.0 Å². The first-order chi connectivity index (χ1) is 10.0. The number of carbonyl (C=O) groups excluding carboxylic acids is 2. The van der Waals surface area contributed by atoms with E-state index in [-0.39, 0.29) is 17.5 Å². The summed E-state index contributed by atoms with van der Waals surface area (Å²) in [5.74, 6) is -0.752. The molecule has 0 aromatic heterocycles. The molecule has 1 N–H and O–H groups in total. The van der Waals surface area contributed by atoms with Crippen molar-refractivity contribution in [3.8, 4) is 0 Å². The summed E-state index contributed by atoms with van der Waals surface area (Å²) in [7, 11) is 0. The van der Waals surface area contributed by atoms with Gasteiger partial charge in [0.1, 0.15) is 11.4 Å². The Kier molecular flexibility index (Phi) is 3.61. The Morgan fingerprint density at radius 1 is 1.24 bits per heavy atom. The number of halogens is 2. The largest absolute Gasteiger partial charge is 0.325 e. The number of hydrogen-bond acceptors (Lipinski definition) is 2. The standard InChI is InChI=1S/C15H16ClFN2O2/c16-12-10(5-4-6-11(12)17)9-19-14(21)18-13(20)15(19)7-2-1-3-8-15/h4-6H,1-3,7-9H2,(H,18,20,21). The molecule has 112 valence electrons. The number of urea groups is 1. The van der Waals surface area contributed by atoms with Gasteiger partial charge in [-0.3, -0.25) is 10.1 Å². The van der Waals surface area contributed by atoms with Gasteiger partial charge in [-0.15, -0.1) is 0 Å². The molecule has 4 nitrogen and oxygen atoms in total. The second-order valence-electron chi connectivity index (χ2n) is 5.65. The van der Waals surface area contributed by atoms with Crippen molar-refractivity contribution in [1.29, 1.82) is 0 Å². The lowest BCUT2D eigenvalue weighted by Gasteiger charge is -2.38. The van der Waals surface area contributed by atoms with E-state index >= 15 is 0 Å². The summed E-state index contributed by atoms with van der Waals surface area (Å²) in [6.07, 6.45) is 4.19. The van der Waals surface area contributed by atoms with Crippen LogP contribution in [0.25, 0.3) is 0 Å². The minimum absolute atomic E-state index is 0.00982. The molecule has 1 aliphatic carbocycles. The Morgan fingerprint density at radius 3 is 2.67 bits per heavy atom. The molecule has 1 heterocycles. The molecule has 1 aromatic rings. The van der Waals surface area contributed by atoms with Gasteiger partial charge in [0, 0.05) is 0 Å². The van der Waals surface area contributed by atoms with Crippen LogP contribution in [0.2, 0.25) is 5.02 Å². The highest BCUT2D eigenvalue weighted by Gasteiger charge is 2.52. The van der Waals surface area contributed by atoms with Gasteiger partial charge < -0.3 is 4.90 Å². The normalized spacial score (nSPS) is 21.0. The van der Waals surface area contributed by atoms with Crippen molar-refractivity contribution in [3.63, 3.8) is 0 Å². The molecule has 0 radical (unpaired) electrons. The first-order valence-electron chi connectivity index (χ1n) is 7.10. The van der Waals surface area contributed by atoms with Crippen molar-refractivity contribution in [2.45, 2.75) is 44.2 Å². The maximum Gasteiger partial charge on any atom is 0.325 e. The third-order valence-corrected chi connectivity index (χ3v) is 4.87. The van der Waals surface area contributed by atoms with Crippen LogP contribution < -0.4 is 5.32 Å². The number of imide groups is 1. The Balaban J connectivity index is 1.93. The fourth-order valence-electron chi connectivity index (χ4n) is 3.30. The molecule has 6 heteroatoms. The topological polar surface area (TPSA) is 49.4 Å². The van der Waals surface area contributed by atoms with E-state index in [1.165, 1.54) is 11.0 Å². The zero-order valence-electron chi connectivity index (χ0n) is 11.5. The monoisotopic (exact) mass is 310 g/mol. The first kappa shape index (κ1) is 14.3. The summed E-state index contributed by atoms with van der Waals surface area (Å²) in [5, 5.41) is 2.40. The van der Waals surface area contributed by atoms with E-state index in [4.69, 9.17) is 11.6 Å². The molecule has 1 aliphatic heterocycles. The highest BCUT2D eigenvalue weighted by atomic mass is 35.5. The maximum absolute atomic E-state index is 13.5. The third kappa shape index (κ3) is 2.29. The smallest absolute Gasteiger partial charge is 0.305 e.